The number of ketones is 2. The van der Waals surface area contributed by atoms with Crippen LogP contribution in [0.4, 0.5) is 11.6 Å². The van der Waals surface area contributed by atoms with Gasteiger partial charge in [-0.25, -0.2) is 9.97 Å². The number of ether oxygens (including phenoxy) is 1. The maximum Gasteiger partial charge on any atom is 0.326 e. The number of aliphatic carboxylic acids is 3. The van der Waals surface area contributed by atoms with E-state index >= 15 is 0 Å². The van der Waals surface area contributed by atoms with E-state index in [0.717, 1.165) is 11.8 Å². The number of hydrogen-bond acceptors (Lipinski definition) is 21. The van der Waals surface area contributed by atoms with Crippen molar-refractivity contribution in [2.45, 2.75) is 81.0 Å². The van der Waals surface area contributed by atoms with Crippen molar-refractivity contribution in [2.24, 2.45) is 17.6 Å². The first-order valence-corrected chi connectivity index (χ1v) is 23.7. The Balaban J connectivity index is 1.04. The van der Waals surface area contributed by atoms with Crippen LogP contribution in [0.2, 0.25) is 0 Å². The number of nitrogens with zero attached hydrogens (tertiary/aromatic N) is 4. The van der Waals surface area contributed by atoms with Crippen molar-refractivity contribution in [3.63, 3.8) is 0 Å². The summed E-state index contributed by atoms with van der Waals surface area (Å²) in [7, 11) is 0. The predicted molar refractivity (Wildman–Crippen MR) is 247 cm³/mol. The SMILES string of the molecule is Nc1nc2ncc(CNc3ccc(C(=O)C[C@H](CCC(=O)NC[C@@H](N)C(=O)N[C@H](CC(=O)O)C(=O)C[C@H](CSC4CC(=O)N(CC(=O)O[C@H]5CSCC[C@@H]5O)C4=O)C(=O)O)C(=O)O)cc3)nc2c(=O)[nH]1. The van der Waals surface area contributed by atoms with E-state index in [1.807, 2.05) is 0 Å². The second kappa shape index (κ2) is 25.0. The summed E-state index contributed by atoms with van der Waals surface area (Å²) in [5.74, 6) is -12.5. The molecular weight excluding hydrogens is 965 g/mol. The number of anilines is 2. The molecule has 28 heteroatoms. The minimum absolute atomic E-state index is 0.00211. The van der Waals surface area contributed by atoms with Crippen molar-refractivity contribution in [3.05, 3.63) is 52.1 Å². The molecule has 2 aliphatic rings. The molecule has 3 aromatic rings. The lowest BCUT2D eigenvalue weighted by Gasteiger charge is -2.27. The minimum Gasteiger partial charge on any atom is -0.481 e. The number of carboxylic acids is 3. The lowest BCUT2D eigenvalue weighted by molar-refractivity contribution is -0.159. The van der Waals surface area contributed by atoms with Crippen molar-refractivity contribution in [1.82, 2.24) is 35.5 Å². The standard InChI is InChI=1S/C42H50N10O16S2/c43-24(15-46-31(56)6-3-20(40(64)65)9-27(54)19-1-4-22(5-2-19)45-13-23-14-47-36-35(48-23)38(62)51-42(44)50-36)37(61)49-25(11-33(58)59)28(55)10-21(41(66)67)17-70-30-12-32(57)52(39(30)63)16-34(60)68-29-18-69-8-7-26(29)53/h1-2,4-5,14,20-21,24-26,29-30,45,53H,3,6-13,15-18,43H2,(H,46,56)(H,49,61)(H,58,59)(H,64,65)(H,66,67)(H3,44,47,50,51,62)/t20-,21+,24+,25+,26-,29-,30?/m0/s1. The largest absolute Gasteiger partial charge is 0.481 e. The van der Waals surface area contributed by atoms with Crippen LogP contribution in [0.3, 0.4) is 0 Å². The third-order valence-electron chi connectivity index (χ3n) is 10.9. The maximum atomic E-state index is 13.2. The van der Waals surface area contributed by atoms with Crippen LogP contribution in [0, 0.1) is 11.8 Å². The number of H-pyrrole nitrogens is 1. The van der Waals surface area contributed by atoms with E-state index < -0.39 is 151 Å². The fourth-order valence-electron chi connectivity index (χ4n) is 7.02. The molecule has 0 radical (unpaired) electrons. The number of carboxylic acid groups (broad SMARTS) is 3. The van der Waals surface area contributed by atoms with E-state index in [0.29, 0.717) is 34.2 Å². The summed E-state index contributed by atoms with van der Waals surface area (Å²) in [5, 5.41) is 45.6. The van der Waals surface area contributed by atoms with Crippen LogP contribution in [-0.4, -0.2) is 164 Å². The Kier molecular flexibility index (Phi) is 19.3. The number of rotatable bonds is 26. The molecule has 0 aliphatic carbocycles. The molecule has 5 rings (SSSR count). The highest BCUT2D eigenvalue weighted by Crippen LogP contribution is 2.29. The van der Waals surface area contributed by atoms with Gasteiger partial charge in [0.05, 0.1) is 54.1 Å². The Morgan fingerprint density at radius 2 is 1.69 bits per heavy atom. The smallest absolute Gasteiger partial charge is 0.326 e. The molecule has 2 aliphatic heterocycles. The highest BCUT2D eigenvalue weighted by Gasteiger charge is 2.42. The fraction of sp³-hybridized carbons (Fsp3) is 0.476. The number of aliphatic hydroxyl groups is 1. The van der Waals surface area contributed by atoms with Crippen LogP contribution in [0.25, 0.3) is 11.2 Å². The zero-order valence-corrected chi connectivity index (χ0v) is 38.7. The van der Waals surface area contributed by atoms with Gasteiger partial charge in [0.2, 0.25) is 29.6 Å². The molecule has 0 saturated carbocycles. The summed E-state index contributed by atoms with van der Waals surface area (Å²) in [4.78, 5) is 153. The average Bonchev–Trinajstić information content (AvgIpc) is 3.57. The molecule has 2 saturated heterocycles. The number of carbonyl (C=O) groups excluding carboxylic acids is 7. The van der Waals surface area contributed by atoms with Crippen molar-refractivity contribution >= 4 is 105 Å². The van der Waals surface area contributed by atoms with Gasteiger partial charge in [-0.05, 0) is 42.9 Å². The average molecular weight is 1020 g/mol. The Bertz CT molecular complexity index is 2560. The number of hydrogen-bond donors (Lipinski definition) is 10. The number of aromatic amines is 1. The quantitative estimate of drug-likeness (QED) is 0.0243. The van der Waals surface area contributed by atoms with Crippen LogP contribution in [0.1, 0.15) is 61.0 Å². The number of thioether (sulfide) groups is 2. The zero-order valence-electron chi connectivity index (χ0n) is 37.1. The van der Waals surface area contributed by atoms with Crippen LogP contribution in [0.5, 0.6) is 0 Å². The number of nitrogens with one attached hydrogen (secondary N) is 4. The number of likely N-dealkylation sites (tertiary alicyclic amines) is 1. The van der Waals surface area contributed by atoms with Crippen LogP contribution in [0.15, 0.2) is 35.3 Å². The first-order valence-electron chi connectivity index (χ1n) is 21.5. The Morgan fingerprint density at radius 1 is 0.971 bits per heavy atom. The third-order valence-corrected chi connectivity index (χ3v) is 13.4. The van der Waals surface area contributed by atoms with Crippen LogP contribution < -0.4 is 33.0 Å². The van der Waals surface area contributed by atoms with E-state index in [9.17, 15) is 73.2 Å². The van der Waals surface area contributed by atoms with Gasteiger partial charge in [-0.1, -0.05) is 0 Å². The number of imide groups is 1. The molecule has 7 atom stereocenters. The lowest BCUT2D eigenvalue weighted by Crippen LogP contribution is -2.53. The molecular formula is C42H50N10O16S2. The predicted octanol–water partition coefficient (Wildman–Crippen LogP) is -1.71. The van der Waals surface area contributed by atoms with E-state index in [1.165, 1.54) is 30.1 Å². The number of esters is 1. The van der Waals surface area contributed by atoms with Crippen molar-refractivity contribution in [2.75, 3.05) is 41.4 Å². The summed E-state index contributed by atoms with van der Waals surface area (Å²) >= 11 is 2.20. The molecule has 2 fully saturated rings. The Morgan fingerprint density at radius 3 is 2.36 bits per heavy atom. The molecule has 70 heavy (non-hydrogen) atoms. The summed E-state index contributed by atoms with van der Waals surface area (Å²) in [6.45, 7) is -1.12. The van der Waals surface area contributed by atoms with Gasteiger partial charge in [-0.2, -0.15) is 16.7 Å². The van der Waals surface area contributed by atoms with Crippen LogP contribution in [-0.2, 0) is 54.4 Å². The summed E-state index contributed by atoms with van der Waals surface area (Å²) in [6.07, 6.45) is -3.20. The van der Waals surface area contributed by atoms with E-state index in [2.05, 4.69) is 35.9 Å². The number of Topliss-reactive ketones (excluding diaryl/α,β-unsaturated/α-hetero) is 2. The maximum absolute atomic E-state index is 13.2. The Labute approximate surface area is 404 Å². The minimum atomic E-state index is -1.77. The highest BCUT2D eigenvalue weighted by molar-refractivity contribution is 8.00. The molecule has 12 N–H and O–H groups in total. The third kappa shape index (κ3) is 15.5. The second-order valence-electron chi connectivity index (χ2n) is 16.2. The number of fused-ring (bicyclic) bond motifs is 1. The molecule has 4 amide bonds. The monoisotopic (exact) mass is 1010 g/mol. The van der Waals surface area contributed by atoms with Gasteiger partial charge >= 0.3 is 23.9 Å². The number of aromatic nitrogens is 4. The lowest BCUT2D eigenvalue weighted by atomic mass is 9.94. The zero-order chi connectivity index (χ0) is 51.2. The molecule has 0 bridgehead atoms. The van der Waals surface area contributed by atoms with E-state index in [-0.39, 0.29) is 42.1 Å². The number of benzene rings is 1. The molecule has 0 spiro atoms. The first kappa shape index (κ1) is 53.9. The van der Waals surface area contributed by atoms with Gasteiger partial charge in [0.25, 0.3) is 5.56 Å². The summed E-state index contributed by atoms with van der Waals surface area (Å²) < 4.78 is 5.24. The number of aliphatic hydroxyl groups excluding tert-OH is 1. The molecule has 1 unspecified atom stereocenters. The van der Waals surface area contributed by atoms with Gasteiger partial charge in [0.1, 0.15) is 18.7 Å². The van der Waals surface area contributed by atoms with E-state index in [1.54, 1.807) is 12.1 Å². The fourth-order valence-corrected chi connectivity index (χ4v) is 9.37. The van der Waals surface area contributed by atoms with Crippen molar-refractivity contribution in [1.29, 1.82) is 0 Å². The number of nitrogens with two attached hydrogens (primary N) is 2. The normalized spacial score (nSPS) is 18.5. The van der Waals surface area contributed by atoms with Gasteiger partial charge in [-0.3, -0.25) is 62.6 Å². The number of carbonyl (C=O) groups is 10. The van der Waals surface area contributed by atoms with E-state index in [4.69, 9.17) is 16.2 Å². The van der Waals surface area contributed by atoms with Gasteiger partial charge < -0.3 is 52.6 Å². The number of nitrogen functional groups attached to an aromatic ring is 1. The first-order chi connectivity index (χ1) is 33.2. The Hall–Kier alpha value is -7.04. The topological polar surface area (TPSA) is 424 Å². The molecule has 26 nitrogen and oxygen atoms in total. The van der Waals surface area contributed by atoms with Crippen molar-refractivity contribution in [3.8, 4) is 0 Å². The van der Waals surface area contributed by atoms with Gasteiger partial charge in [0, 0.05) is 55.0 Å². The van der Waals surface area contributed by atoms with Gasteiger partial charge in [-0.15, -0.1) is 11.8 Å². The second-order valence-corrected chi connectivity index (χ2v) is 18.6. The molecule has 2 aromatic heterocycles. The van der Waals surface area contributed by atoms with Crippen molar-refractivity contribution < 1.29 is 73.1 Å². The van der Waals surface area contributed by atoms with Crippen LogP contribution >= 0.6 is 23.5 Å². The molecule has 1 aromatic carbocycles. The number of amides is 4. The molecule has 376 valence electrons. The highest BCUT2D eigenvalue weighted by atomic mass is 32.2. The van der Waals surface area contributed by atoms with Gasteiger partial charge in [0.15, 0.2) is 22.7 Å². The molecule has 4 heterocycles. The summed E-state index contributed by atoms with van der Waals surface area (Å²) in [6, 6.07) is 2.75. The summed E-state index contributed by atoms with van der Waals surface area (Å²) in [5.41, 5.74) is 12.1.